The van der Waals surface area contributed by atoms with E-state index in [9.17, 15) is 45.6 Å². The summed E-state index contributed by atoms with van der Waals surface area (Å²) in [6.45, 7) is 2.80. The zero-order valence-corrected chi connectivity index (χ0v) is 55.8. The van der Waals surface area contributed by atoms with Crippen LogP contribution in [0.1, 0.15) is 328 Å². The van der Waals surface area contributed by atoms with Gasteiger partial charge in [0.1, 0.15) is 48.8 Å². The first-order valence-corrected chi connectivity index (χ1v) is 36.7. The van der Waals surface area contributed by atoms with Gasteiger partial charge < -0.3 is 65.1 Å². The van der Waals surface area contributed by atoms with Crippen LogP contribution in [0.5, 0.6) is 0 Å². The van der Waals surface area contributed by atoms with Crippen molar-refractivity contribution in [2.75, 3.05) is 19.8 Å². The summed E-state index contributed by atoms with van der Waals surface area (Å²) < 4.78 is 22.8. The van der Waals surface area contributed by atoms with E-state index in [0.717, 1.165) is 32.1 Å². The third-order valence-electron chi connectivity index (χ3n) is 18.0. The Morgan fingerprint density at radius 2 is 0.736 bits per heavy atom. The number of aliphatic hydroxyl groups is 8. The number of nitrogens with one attached hydrogen (secondary N) is 1. The predicted octanol–water partition coefficient (Wildman–Crippen LogP) is 15.3. The van der Waals surface area contributed by atoms with Crippen molar-refractivity contribution in [2.45, 2.75) is 402 Å². The van der Waals surface area contributed by atoms with Crippen LogP contribution in [-0.2, 0) is 23.7 Å². The topological polar surface area (TPSA) is 228 Å². The molecule has 512 valence electrons. The number of rotatable bonds is 61. The second-order valence-corrected chi connectivity index (χ2v) is 26.1. The summed E-state index contributed by atoms with van der Waals surface area (Å²) in [5.41, 5.74) is 0. The van der Waals surface area contributed by atoms with Crippen LogP contribution in [0.15, 0.2) is 36.5 Å². The first kappa shape index (κ1) is 81.3. The number of aliphatic hydroxyl groups excluding tert-OH is 8. The minimum atomic E-state index is -1.79. The molecule has 12 unspecified atom stereocenters. The Balaban J connectivity index is 1.55. The van der Waals surface area contributed by atoms with Crippen LogP contribution < -0.4 is 5.32 Å². The van der Waals surface area contributed by atoms with Crippen molar-refractivity contribution in [3.8, 4) is 0 Å². The number of carbonyl (C=O) groups is 1. The molecule has 12 atom stereocenters. The standard InChI is InChI=1S/C73H137NO13/c1-3-5-7-9-11-13-15-17-19-20-21-22-23-24-25-26-27-28-29-30-31-32-33-34-35-36-37-38-39-40-41-42-43-45-47-49-51-53-55-57-65(78)74-61(62(77)56-54-52-50-48-46-44-18-16-14-12-10-8-6-4-2)60-84-72-70(83)68(81)71(64(59-76)86-72)87-73-69(82)67(80)66(79)63(58-75)85-73/h20-21,46,48,54,56,61-64,66-73,75-77,79-83H,3-19,22-45,47,49-53,55,57-60H2,1-2H3,(H,74,78)/b21-20-,48-46+,56-54+. The van der Waals surface area contributed by atoms with Gasteiger partial charge in [-0.05, 0) is 57.8 Å². The van der Waals surface area contributed by atoms with Gasteiger partial charge in [-0.25, -0.2) is 0 Å². The Kier molecular flexibility index (Phi) is 54.3. The zero-order valence-electron chi connectivity index (χ0n) is 55.8. The lowest BCUT2D eigenvalue weighted by atomic mass is 9.97. The summed E-state index contributed by atoms with van der Waals surface area (Å²) in [6, 6.07) is -0.929. The molecular formula is C73H137NO13. The minimum absolute atomic E-state index is 0.244. The summed E-state index contributed by atoms with van der Waals surface area (Å²) >= 11 is 0. The first-order valence-electron chi connectivity index (χ1n) is 36.7. The number of ether oxygens (including phenoxy) is 4. The Morgan fingerprint density at radius 3 is 1.13 bits per heavy atom. The van der Waals surface area contributed by atoms with Crippen LogP contribution >= 0.6 is 0 Å². The molecule has 0 aromatic rings. The van der Waals surface area contributed by atoms with Gasteiger partial charge in [0.15, 0.2) is 12.6 Å². The van der Waals surface area contributed by atoms with Gasteiger partial charge in [0.05, 0.1) is 32.0 Å². The fourth-order valence-corrected chi connectivity index (χ4v) is 12.2. The lowest BCUT2D eigenvalue weighted by Crippen LogP contribution is -2.65. The van der Waals surface area contributed by atoms with E-state index in [1.54, 1.807) is 6.08 Å². The van der Waals surface area contributed by atoms with Crippen LogP contribution in [0.4, 0.5) is 0 Å². The Labute approximate surface area is 531 Å². The van der Waals surface area contributed by atoms with Crippen molar-refractivity contribution in [3.05, 3.63) is 36.5 Å². The second kappa shape index (κ2) is 58.1. The summed E-state index contributed by atoms with van der Waals surface area (Å²) in [6.07, 6.45) is 58.2. The molecule has 0 spiro atoms. The Bertz CT molecular complexity index is 1600. The molecule has 2 saturated heterocycles. The predicted molar refractivity (Wildman–Crippen MR) is 355 cm³/mol. The SMILES string of the molecule is CCCCCCCCCC/C=C\CCCCCCCCCCCCCCCCCCCCCCCCCCCCCC(=O)NC(COC1OC(CO)C(OC2OC(CO)C(O)C(O)C2O)C(O)C1O)C(O)/C=C/CC/C=C/CCCCCCCCCC. The average Bonchev–Trinajstić information content (AvgIpc) is 2.05. The van der Waals surface area contributed by atoms with E-state index in [1.165, 1.54) is 263 Å². The lowest BCUT2D eigenvalue weighted by Gasteiger charge is -2.46. The van der Waals surface area contributed by atoms with E-state index in [0.29, 0.717) is 12.8 Å². The van der Waals surface area contributed by atoms with Crippen molar-refractivity contribution in [3.63, 3.8) is 0 Å². The van der Waals surface area contributed by atoms with Crippen molar-refractivity contribution in [1.29, 1.82) is 0 Å². The number of amides is 1. The molecule has 0 saturated carbocycles. The highest BCUT2D eigenvalue weighted by Gasteiger charge is 2.51. The van der Waals surface area contributed by atoms with Crippen LogP contribution in [0.3, 0.4) is 0 Å². The number of carbonyl (C=O) groups excluding carboxylic acids is 1. The van der Waals surface area contributed by atoms with Gasteiger partial charge in [0, 0.05) is 6.42 Å². The number of unbranched alkanes of at least 4 members (excludes halogenated alkanes) is 44. The maximum Gasteiger partial charge on any atom is 0.220 e. The molecule has 2 rings (SSSR count). The second-order valence-electron chi connectivity index (χ2n) is 26.1. The maximum absolute atomic E-state index is 13.3. The van der Waals surface area contributed by atoms with Crippen LogP contribution in [0.25, 0.3) is 0 Å². The van der Waals surface area contributed by atoms with E-state index in [1.807, 2.05) is 6.08 Å². The summed E-state index contributed by atoms with van der Waals surface area (Å²) in [4.78, 5) is 13.3. The van der Waals surface area contributed by atoms with E-state index >= 15 is 0 Å². The lowest BCUT2D eigenvalue weighted by molar-refractivity contribution is -0.359. The molecule has 9 N–H and O–H groups in total. The molecule has 0 aliphatic carbocycles. The van der Waals surface area contributed by atoms with Crippen molar-refractivity contribution < 1.29 is 64.6 Å². The number of allylic oxidation sites excluding steroid dienone is 5. The molecule has 0 aromatic heterocycles. The fourth-order valence-electron chi connectivity index (χ4n) is 12.2. The number of hydrogen-bond acceptors (Lipinski definition) is 13. The summed E-state index contributed by atoms with van der Waals surface area (Å²) in [5.74, 6) is -0.244. The average molecular weight is 1240 g/mol. The van der Waals surface area contributed by atoms with E-state index in [2.05, 4.69) is 43.5 Å². The summed E-state index contributed by atoms with van der Waals surface area (Å²) in [7, 11) is 0. The van der Waals surface area contributed by atoms with E-state index in [4.69, 9.17) is 18.9 Å². The van der Waals surface area contributed by atoms with Crippen molar-refractivity contribution in [1.82, 2.24) is 5.32 Å². The highest BCUT2D eigenvalue weighted by Crippen LogP contribution is 2.30. The molecule has 87 heavy (non-hydrogen) atoms. The van der Waals surface area contributed by atoms with Crippen LogP contribution in [-0.4, -0.2) is 140 Å². The Morgan fingerprint density at radius 1 is 0.402 bits per heavy atom. The van der Waals surface area contributed by atoms with Gasteiger partial charge in [-0.2, -0.15) is 0 Å². The van der Waals surface area contributed by atoms with Gasteiger partial charge in [-0.3, -0.25) is 4.79 Å². The van der Waals surface area contributed by atoms with E-state index < -0.39 is 86.8 Å². The summed E-state index contributed by atoms with van der Waals surface area (Å²) in [5, 5.41) is 87.2. The molecular weight excluding hydrogens is 1100 g/mol. The highest BCUT2D eigenvalue weighted by atomic mass is 16.7. The third kappa shape index (κ3) is 42.1. The Hall–Kier alpha value is -1.79. The van der Waals surface area contributed by atoms with Crippen molar-refractivity contribution >= 4 is 5.91 Å². The molecule has 0 radical (unpaired) electrons. The molecule has 1 amide bonds. The molecule has 0 aromatic carbocycles. The molecule has 14 nitrogen and oxygen atoms in total. The van der Waals surface area contributed by atoms with E-state index in [-0.39, 0.29) is 18.9 Å². The van der Waals surface area contributed by atoms with Crippen molar-refractivity contribution in [2.24, 2.45) is 0 Å². The monoisotopic (exact) mass is 1240 g/mol. The largest absolute Gasteiger partial charge is 0.394 e. The molecule has 2 heterocycles. The van der Waals surface area contributed by atoms with Gasteiger partial charge in [0.25, 0.3) is 0 Å². The fraction of sp³-hybridized carbons (Fsp3) is 0.904. The molecule has 2 fully saturated rings. The van der Waals surface area contributed by atoms with Gasteiger partial charge in [-0.15, -0.1) is 0 Å². The third-order valence-corrected chi connectivity index (χ3v) is 18.0. The smallest absolute Gasteiger partial charge is 0.220 e. The molecule has 2 aliphatic heterocycles. The van der Waals surface area contributed by atoms with Gasteiger partial charge in [-0.1, -0.05) is 301 Å². The number of hydrogen-bond donors (Lipinski definition) is 9. The zero-order chi connectivity index (χ0) is 63.1. The maximum atomic E-state index is 13.3. The van der Waals surface area contributed by atoms with Crippen LogP contribution in [0.2, 0.25) is 0 Å². The first-order chi connectivity index (χ1) is 42.6. The van der Waals surface area contributed by atoms with Gasteiger partial charge in [0.2, 0.25) is 5.91 Å². The normalized spacial score (nSPS) is 23.4. The molecule has 14 heteroatoms. The molecule has 0 bridgehead atoms. The quantitative estimate of drug-likeness (QED) is 0.0204. The van der Waals surface area contributed by atoms with Crippen LogP contribution in [0, 0.1) is 0 Å². The molecule has 2 aliphatic rings. The van der Waals surface area contributed by atoms with Gasteiger partial charge >= 0.3 is 0 Å². The minimum Gasteiger partial charge on any atom is -0.394 e. The highest BCUT2D eigenvalue weighted by molar-refractivity contribution is 5.76.